The lowest BCUT2D eigenvalue weighted by atomic mass is 9.94. The van der Waals surface area contributed by atoms with Crippen molar-refractivity contribution in [1.29, 1.82) is 0 Å². The third-order valence-corrected chi connectivity index (χ3v) is 5.95. The summed E-state index contributed by atoms with van der Waals surface area (Å²) in [4.78, 5) is 0. The van der Waals surface area contributed by atoms with E-state index in [9.17, 15) is 8.42 Å². The van der Waals surface area contributed by atoms with Crippen LogP contribution < -0.4 is 5.32 Å². The molecule has 1 heterocycles. The van der Waals surface area contributed by atoms with E-state index in [1.165, 1.54) is 0 Å². The molecule has 0 saturated carbocycles. The van der Waals surface area contributed by atoms with Crippen LogP contribution in [0.4, 0.5) is 0 Å². The Morgan fingerprint density at radius 1 is 1.20 bits per heavy atom. The first kappa shape index (κ1) is 17.9. The molecule has 1 rings (SSSR count). The molecule has 0 amide bonds. The molecular formula is C15H32N2O2S. The van der Waals surface area contributed by atoms with Crippen LogP contribution >= 0.6 is 0 Å². The highest BCUT2D eigenvalue weighted by Gasteiger charge is 2.29. The van der Waals surface area contributed by atoms with E-state index in [0.29, 0.717) is 18.9 Å². The lowest BCUT2D eigenvalue weighted by molar-refractivity contribution is 0.259. The van der Waals surface area contributed by atoms with Crippen molar-refractivity contribution >= 4 is 10.0 Å². The molecule has 0 atom stereocenters. The third-order valence-electron chi connectivity index (χ3n) is 3.94. The highest BCUT2D eigenvalue weighted by Crippen LogP contribution is 2.23. The Kier molecular flexibility index (Phi) is 6.48. The lowest BCUT2D eigenvalue weighted by Crippen LogP contribution is -2.44. The maximum Gasteiger partial charge on any atom is 0.214 e. The third kappa shape index (κ3) is 6.10. The summed E-state index contributed by atoms with van der Waals surface area (Å²) in [5.74, 6) is 0.766. The summed E-state index contributed by atoms with van der Waals surface area (Å²) in [6.45, 7) is 13.0. The highest BCUT2D eigenvalue weighted by atomic mass is 32.2. The first-order chi connectivity index (χ1) is 9.12. The summed E-state index contributed by atoms with van der Waals surface area (Å²) in [5.41, 5.74) is 0.0600. The molecular weight excluding hydrogens is 272 g/mol. The second-order valence-electron chi connectivity index (χ2n) is 7.48. The number of hydrogen-bond acceptors (Lipinski definition) is 3. The first-order valence-electron chi connectivity index (χ1n) is 7.82. The largest absolute Gasteiger partial charge is 0.317 e. The van der Waals surface area contributed by atoms with Crippen LogP contribution in [0, 0.1) is 11.3 Å². The summed E-state index contributed by atoms with van der Waals surface area (Å²) in [7, 11) is -3.14. The Labute approximate surface area is 125 Å². The monoisotopic (exact) mass is 304 g/mol. The van der Waals surface area contributed by atoms with Crippen LogP contribution in [0.2, 0.25) is 0 Å². The molecule has 20 heavy (non-hydrogen) atoms. The molecule has 5 heteroatoms. The van der Waals surface area contributed by atoms with Crippen molar-refractivity contribution in [2.75, 3.05) is 25.4 Å². The molecule has 0 aliphatic carbocycles. The summed E-state index contributed by atoms with van der Waals surface area (Å²) < 4.78 is 26.9. The molecule has 1 aliphatic heterocycles. The molecule has 0 spiro atoms. The molecule has 4 nitrogen and oxygen atoms in total. The van der Waals surface area contributed by atoms with Gasteiger partial charge < -0.3 is 5.32 Å². The number of nitrogens with zero attached hydrogens (tertiary/aromatic N) is 1. The second-order valence-corrected chi connectivity index (χ2v) is 9.52. The van der Waals surface area contributed by atoms with Gasteiger partial charge in [0.25, 0.3) is 0 Å². The van der Waals surface area contributed by atoms with Gasteiger partial charge in [-0.1, -0.05) is 20.8 Å². The Morgan fingerprint density at radius 3 is 2.20 bits per heavy atom. The fourth-order valence-corrected chi connectivity index (χ4v) is 4.70. The molecule has 1 fully saturated rings. The van der Waals surface area contributed by atoms with E-state index in [2.05, 4.69) is 26.1 Å². The van der Waals surface area contributed by atoms with Crippen LogP contribution in [0.3, 0.4) is 0 Å². The molecule has 0 radical (unpaired) electrons. The van der Waals surface area contributed by atoms with Crippen LogP contribution in [0.5, 0.6) is 0 Å². The molecule has 0 aromatic heterocycles. The zero-order chi connectivity index (χ0) is 15.4. The fourth-order valence-electron chi connectivity index (χ4n) is 2.52. The molecule has 0 aromatic carbocycles. The van der Waals surface area contributed by atoms with Crippen LogP contribution in [0.15, 0.2) is 0 Å². The molecule has 0 unspecified atom stereocenters. The van der Waals surface area contributed by atoms with Crippen molar-refractivity contribution in [3.8, 4) is 0 Å². The van der Waals surface area contributed by atoms with Crippen molar-refractivity contribution < 1.29 is 8.42 Å². The van der Waals surface area contributed by atoms with E-state index in [1.807, 2.05) is 13.8 Å². The van der Waals surface area contributed by atoms with Gasteiger partial charge in [-0.3, -0.25) is 0 Å². The standard InChI is InChI=1S/C15H32N2O2S/c1-13(2)17(12-14-6-9-16-10-7-14)20(18,19)11-8-15(3,4)5/h13-14,16H,6-12H2,1-5H3. The smallest absolute Gasteiger partial charge is 0.214 e. The summed E-state index contributed by atoms with van der Waals surface area (Å²) in [6, 6.07) is 0.0508. The van der Waals surface area contributed by atoms with Crippen molar-refractivity contribution in [1.82, 2.24) is 9.62 Å². The van der Waals surface area contributed by atoms with Crippen LogP contribution in [0.25, 0.3) is 0 Å². The van der Waals surface area contributed by atoms with Crippen LogP contribution in [-0.2, 0) is 10.0 Å². The minimum atomic E-state index is -3.14. The number of rotatable bonds is 6. The average molecular weight is 305 g/mol. The van der Waals surface area contributed by atoms with E-state index >= 15 is 0 Å². The van der Waals surface area contributed by atoms with E-state index in [-0.39, 0.29) is 17.2 Å². The predicted molar refractivity (Wildman–Crippen MR) is 85.3 cm³/mol. The summed E-state index contributed by atoms with van der Waals surface area (Å²) in [5, 5.41) is 3.33. The van der Waals surface area contributed by atoms with Gasteiger partial charge in [0.1, 0.15) is 0 Å². The van der Waals surface area contributed by atoms with Gasteiger partial charge in [-0.05, 0) is 57.5 Å². The Bertz CT molecular complexity index is 379. The maximum absolute atomic E-state index is 12.6. The average Bonchev–Trinajstić information content (AvgIpc) is 2.34. The number of piperidine rings is 1. The van der Waals surface area contributed by atoms with Gasteiger partial charge in [0.15, 0.2) is 0 Å². The molecule has 0 bridgehead atoms. The molecule has 1 N–H and O–H groups in total. The minimum absolute atomic E-state index is 0.0508. The van der Waals surface area contributed by atoms with Crippen molar-refractivity contribution in [3.63, 3.8) is 0 Å². The van der Waals surface area contributed by atoms with Gasteiger partial charge in [-0.2, -0.15) is 4.31 Å². The van der Waals surface area contributed by atoms with Gasteiger partial charge in [0, 0.05) is 12.6 Å². The molecule has 1 saturated heterocycles. The van der Waals surface area contributed by atoms with Crippen LogP contribution in [-0.4, -0.2) is 44.2 Å². The highest BCUT2D eigenvalue weighted by molar-refractivity contribution is 7.89. The minimum Gasteiger partial charge on any atom is -0.317 e. The number of sulfonamides is 1. The van der Waals surface area contributed by atoms with Crippen LogP contribution in [0.1, 0.15) is 53.9 Å². The van der Waals surface area contributed by atoms with E-state index < -0.39 is 10.0 Å². The SMILES string of the molecule is CC(C)N(CC1CCNCC1)S(=O)(=O)CCC(C)(C)C. The van der Waals surface area contributed by atoms with Crippen molar-refractivity contribution in [2.45, 2.75) is 59.9 Å². The van der Waals surface area contributed by atoms with E-state index in [0.717, 1.165) is 25.9 Å². The number of hydrogen-bond donors (Lipinski definition) is 1. The van der Waals surface area contributed by atoms with Gasteiger partial charge in [0.05, 0.1) is 5.75 Å². The van der Waals surface area contributed by atoms with Gasteiger partial charge in [-0.25, -0.2) is 8.42 Å². The molecule has 0 aromatic rings. The normalized spacial score (nSPS) is 18.9. The zero-order valence-corrected chi connectivity index (χ0v) is 14.6. The van der Waals surface area contributed by atoms with Gasteiger partial charge in [0.2, 0.25) is 10.0 Å². The van der Waals surface area contributed by atoms with Crippen molar-refractivity contribution in [2.24, 2.45) is 11.3 Å². The quantitative estimate of drug-likeness (QED) is 0.820. The Hall–Kier alpha value is -0.130. The summed E-state index contributed by atoms with van der Waals surface area (Å²) in [6.07, 6.45) is 2.88. The van der Waals surface area contributed by atoms with E-state index in [1.54, 1.807) is 4.31 Å². The first-order valence-corrected chi connectivity index (χ1v) is 9.43. The molecule has 1 aliphatic rings. The lowest BCUT2D eigenvalue weighted by Gasteiger charge is -2.32. The summed E-state index contributed by atoms with van der Waals surface area (Å²) >= 11 is 0. The molecule has 120 valence electrons. The van der Waals surface area contributed by atoms with Crippen molar-refractivity contribution in [3.05, 3.63) is 0 Å². The second kappa shape index (κ2) is 7.23. The van der Waals surface area contributed by atoms with Gasteiger partial charge >= 0.3 is 0 Å². The topological polar surface area (TPSA) is 49.4 Å². The van der Waals surface area contributed by atoms with E-state index in [4.69, 9.17) is 0 Å². The Morgan fingerprint density at radius 2 is 1.75 bits per heavy atom. The van der Waals surface area contributed by atoms with Gasteiger partial charge in [-0.15, -0.1) is 0 Å². The number of nitrogens with one attached hydrogen (secondary N) is 1. The Balaban J connectivity index is 2.68. The zero-order valence-electron chi connectivity index (χ0n) is 13.8. The predicted octanol–water partition coefficient (Wildman–Crippen LogP) is 2.46. The fraction of sp³-hybridized carbons (Fsp3) is 1.00. The maximum atomic E-state index is 12.6.